The lowest BCUT2D eigenvalue weighted by Crippen LogP contribution is -2.67. The van der Waals surface area contributed by atoms with E-state index in [4.69, 9.17) is 0 Å². The molecule has 1 aliphatic rings. The first-order valence-electron chi connectivity index (χ1n) is 8.94. The van der Waals surface area contributed by atoms with Crippen molar-refractivity contribution >= 4 is 29.2 Å². The highest BCUT2D eigenvalue weighted by Gasteiger charge is 2.56. The predicted molar refractivity (Wildman–Crippen MR) is 107 cm³/mol. The minimum atomic E-state index is -1.53. The van der Waals surface area contributed by atoms with Crippen LogP contribution < -0.4 is 9.80 Å². The van der Waals surface area contributed by atoms with Crippen LogP contribution in [0.5, 0.6) is 0 Å². The van der Waals surface area contributed by atoms with Crippen molar-refractivity contribution in [1.82, 2.24) is 0 Å². The third-order valence-corrected chi connectivity index (χ3v) is 5.02. The molecule has 0 aliphatic carbocycles. The smallest absolute Gasteiger partial charge is 0.272 e. The monoisotopic (exact) mass is 370 g/mol. The molecule has 0 spiro atoms. The zero-order chi connectivity index (χ0) is 19.7. The molecule has 0 saturated carbocycles. The van der Waals surface area contributed by atoms with Crippen LogP contribution in [0.1, 0.15) is 12.5 Å². The van der Waals surface area contributed by atoms with Gasteiger partial charge in [0.1, 0.15) is 0 Å². The molecular formula is C23H18N2O3. The maximum absolute atomic E-state index is 13.5. The van der Waals surface area contributed by atoms with Crippen molar-refractivity contribution in [3.8, 4) is 0 Å². The van der Waals surface area contributed by atoms with Crippen molar-refractivity contribution < 1.29 is 14.4 Å². The molecule has 0 radical (unpaired) electrons. The Bertz CT molecular complexity index is 972. The molecule has 0 aromatic heterocycles. The van der Waals surface area contributed by atoms with Gasteiger partial charge in [-0.3, -0.25) is 9.59 Å². The van der Waals surface area contributed by atoms with Crippen LogP contribution in [0.15, 0.2) is 91.0 Å². The summed E-state index contributed by atoms with van der Waals surface area (Å²) >= 11 is 0. The lowest BCUT2D eigenvalue weighted by Gasteiger charge is -2.42. The number of nitrogens with zero attached hydrogens (tertiary/aromatic N) is 2. The maximum Gasteiger partial charge on any atom is 0.342 e. The van der Waals surface area contributed by atoms with Crippen LogP contribution in [0.2, 0.25) is 0 Å². The summed E-state index contributed by atoms with van der Waals surface area (Å²) in [6.07, 6.45) is 0. The summed E-state index contributed by atoms with van der Waals surface area (Å²) in [6, 6.07) is 25.5. The molecule has 1 fully saturated rings. The second-order valence-electron chi connectivity index (χ2n) is 6.73. The Kier molecular flexibility index (Phi) is 4.28. The fourth-order valence-electron chi connectivity index (χ4n) is 3.44. The van der Waals surface area contributed by atoms with Gasteiger partial charge in [-0.05, 0) is 36.8 Å². The molecule has 0 N–H and O–H groups in total. The number of para-hydroxylation sites is 2. The number of imide groups is 2. The number of hydrogen-bond acceptors (Lipinski definition) is 3. The van der Waals surface area contributed by atoms with Crippen molar-refractivity contribution in [1.29, 1.82) is 0 Å². The molecule has 3 aromatic rings. The van der Waals surface area contributed by atoms with Crippen molar-refractivity contribution in [3.63, 3.8) is 0 Å². The van der Waals surface area contributed by atoms with E-state index >= 15 is 0 Å². The summed E-state index contributed by atoms with van der Waals surface area (Å²) in [6.45, 7) is 1.57. The van der Waals surface area contributed by atoms with Crippen LogP contribution in [0.3, 0.4) is 0 Å². The third-order valence-electron chi connectivity index (χ3n) is 5.02. The van der Waals surface area contributed by atoms with Crippen LogP contribution in [-0.4, -0.2) is 17.8 Å². The van der Waals surface area contributed by atoms with E-state index in [9.17, 15) is 14.4 Å². The van der Waals surface area contributed by atoms with E-state index in [2.05, 4.69) is 0 Å². The quantitative estimate of drug-likeness (QED) is 0.651. The molecule has 4 amide bonds. The maximum atomic E-state index is 13.5. The topological polar surface area (TPSA) is 57.7 Å². The highest BCUT2D eigenvalue weighted by atomic mass is 16.2. The molecule has 28 heavy (non-hydrogen) atoms. The number of amides is 4. The van der Waals surface area contributed by atoms with Gasteiger partial charge in [0.2, 0.25) is 0 Å². The van der Waals surface area contributed by atoms with Crippen molar-refractivity contribution in [2.45, 2.75) is 12.3 Å². The Morgan fingerprint density at radius 1 is 0.571 bits per heavy atom. The molecule has 138 valence electrons. The number of carbonyl (C=O) groups excluding carboxylic acids is 3. The fourth-order valence-corrected chi connectivity index (χ4v) is 3.44. The Balaban J connectivity index is 1.93. The van der Waals surface area contributed by atoms with E-state index in [1.54, 1.807) is 91.9 Å². The van der Waals surface area contributed by atoms with E-state index in [1.807, 2.05) is 6.07 Å². The van der Waals surface area contributed by atoms with E-state index in [-0.39, 0.29) is 0 Å². The van der Waals surface area contributed by atoms with Gasteiger partial charge in [-0.2, -0.15) is 0 Å². The summed E-state index contributed by atoms with van der Waals surface area (Å²) in [7, 11) is 0. The van der Waals surface area contributed by atoms with Crippen LogP contribution in [0.4, 0.5) is 16.2 Å². The largest absolute Gasteiger partial charge is 0.342 e. The van der Waals surface area contributed by atoms with Crippen molar-refractivity contribution in [2.24, 2.45) is 0 Å². The molecule has 4 rings (SSSR count). The molecule has 0 atom stereocenters. The summed E-state index contributed by atoms with van der Waals surface area (Å²) in [4.78, 5) is 42.5. The molecule has 1 heterocycles. The zero-order valence-electron chi connectivity index (χ0n) is 15.3. The number of benzene rings is 3. The predicted octanol–water partition coefficient (Wildman–Crippen LogP) is 4.14. The Morgan fingerprint density at radius 3 is 1.32 bits per heavy atom. The molecular weight excluding hydrogens is 352 g/mol. The summed E-state index contributed by atoms with van der Waals surface area (Å²) in [5, 5.41) is 0. The molecule has 1 aliphatic heterocycles. The van der Waals surface area contributed by atoms with Gasteiger partial charge in [0, 0.05) is 0 Å². The molecule has 5 heteroatoms. The van der Waals surface area contributed by atoms with E-state index < -0.39 is 23.3 Å². The van der Waals surface area contributed by atoms with Gasteiger partial charge in [0.25, 0.3) is 11.8 Å². The average Bonchev–Trinajstić information content (AvgIpc) is 2.74. The first kappa shape index (κ1) is 17.7. The van der Waals surface area contributed by atoms with Crippen molar-refractivity contribution in [2.75, 3.05) is 9.80 Å². The van der Waals surface area contributed by atoms with E-state index in [0.29, 0.717) is 16.9 Å². The summed E-state index contributed by atoms with van der Waals surface area (Å²) in [5.74, 6) is -1.13. The number of anilines is 2. The summed E-state index contributed by atoms with van der Waals surface area (Å²) < 4.78 is 0. The Hall–Kier alpha value is -3.73. The lowest BCUT2D eigenvalue weighted by atomic mass is 9.78. The highest BCUT2D eigenvalue weighted by Crippen LogP contribution is 2.37. The van der Waals surface area contributed by atoms with Crippen LogP contribution >= 0.6 is 0 Å². The summed E-state index contributed by atoms with van der Waals surface area (Å²) in [5.41, 5.74) is -0.138. The SMILES string of the molecule is CC1(c2ccccc2)C(=O)N(c2ccccc2)C(=O)N(c2ccccc2)C1=O. The first-order chi connectivity index (χ1) is 13.5. The molecule has 5 nitrogen and oxygen atoms in total. The fraction of sp³-hybridized carbons (Fsp3) is 0.0870. The number of rotatable bonds is 3. The second kappa shape index (κ2) is 6.78. The molecule has 0 unspecified atom stereocenters. The van der Waals surface area contributed by atoms with E-state index in [0.717, 1.165) is 9.80 Å². The van der Waals surface area contributed by atoms with Crippen LogP contribution in [0.25, 0.3) is 0 Å². The number of barbiturate groups is 1. The van der Waals surface area contributed by atoms with Gasteiger partial charge >= 0.3 is 6.03 Å². The van der Waals surface area contributed by atoms with Gasteiger partial charge < -0.3 is 0 Å². The Morgan fingerprint density at radius 2 is 0.929 bits per heavy atom. The zero-order valence-corrected chi connectivity index (χ0v) is 15.3. The Labute approximate surface area is 162 Å². The lowest BCUT2D eigenvalue weighted by molar-refractivity contribution is -0.134. The highest BCUT2D eigenvalue weighted by molar-refractivity contribution is 6.40. The first-order valence-corrected chi connectivity index (χ1v) is 8.94. The number of urea groups is 1. The number of carbonyl (C=O) groups is 3. The van der Waals surface area contributed by atoms with Gasteiger partial charge in [0.05, 0.1) is 11.4 Å². The van der Waals surface area contributed by atoms with Crippen molar-refractivity contribution in [3.05, 3.63) is 96.6 Å². The standard InChI is InChI=1S/C23H18N2O3/c1-23(17-11-5-2-6-12-17)20(26)24(18-13-7-3-8-14-18)22(28)25(21(23)27)19-15-9-4-10-16-19/h2-16H,1H3. The van der Waals surface area contributed by atoms with Crippen LogP contribution in [-0.2, 0) is 15.0 Å². The molecule has 0 bridgehead atoms. The minimum Gasteiger partial charge on any atom is -0.272 e. The van der Waals surface area contributed by atoms with Gasteiger partial charge in [-0.15, -0.1) is 0 Å². The minimum absolute atomic E-state index is 0.424. The third kappa shape index (κ3) is 2.60. The van der Waals surface area contributed by atoms with Gasteiger partial charge in [-0.1, -0.05) is 66.7 Å². The molecule has 1 saturated heterocycles. The normalized spacial score (nSPS) is 16.4. The second-order valence-corrected chi connectivity index (χ2v) is 6.73. The molecule has 3 aromatic carbocycles. The van der Waals surface area contributed by atoms with E-state index in [1.165, 1.54) is 0 Å². The van der Waals surface area contributed by atoms with Crippen LogP contribution in [0, 0.1) is 0 Å². The average molecular weight is 370 g/mol. The number of hydrogen-bond donors (Lipinski definition) is 0. The van der Waals surface area contributed by atoms with Gasteiger partial charge in [-0.25, -0.2) is 14.6 Å². The van der Waals surface area contributed by atoms with Gasteiger partial charge in [0.15, 0.2) is 5.41 Å².